The van der Waals surface area contributed by atoms with Crippen LogP contribution < -0.4 is 0 Å². The van der Waals surface area contributed by atoms with E-state index >= 15 is 0 Å². The molecule has 2 amide bonds. The molecule has 0 spiro atoms. The van der Waals surface area contributed by atoms with Gasteiger partial charge in [-0.2, -0.15) is 0 Å². The molecule has 112 valence electrons. The van der Waals surface area contributed by atoms with Crippen LogP contribution in [0.25, 0.3) is 0 Å². The molecule has 5 nitrogen and oxygen atoms in total. The number of likely N-dealkylation sites (tertiary alicyclic amines) is 2. The molecule has 20 heavy (non-hydrogen) atoms. The van der Waals surface area contributed by atoms with Gasteiger partial charge < -0.3 is 14.5 Å². The summed E-state index contributed by atoms with van der Waals surface area (Å²) in [6.07, 6.45) is 3.87. The van der Waals surface area contributed by atoms with Gasteiger partial charge in [-0.25, -0.2) is 0 Å². The highest BCUT2D eigenvalue weighted by atomic mass is 16.5. The van der Waals surface area contributed by atoms with E-state index < -0.39 is 0 Å². The maximum absolute atomic E-state index is 12.5. The standard InChI is InChI=1S/C15H24N2O3/c1-15(10-20-11-15)14(19)17-7-2-4-12(9-17)8-16-6-3-5-13(16)18/h12H,2-11H2,1H3/t12-/m1/s1. The second kappa shape index (κ2) is 5.35. The molecule has 0 N–H and O–H groups in total. The van der Waals surface area contributed by atoms with Gasteiger partial charge in [-0.1, -0.05) is 0 Å². The molecular weight excluding hydrogens is 256 g/mol. The topological polar surface area (TPSA) is 49.9 Å². The molecular formula is C15H24N2O3. The van der Waals surface area contributed by atoms with Gasteiger partial charge in [0.15, 0.2) is 0 Å². The number of hydrogen-bond donors (Lipinski definition) is 0. The minimum absolute atomic E-state index is 0.237. The van der Waals surface area contributed by atoms with E-state index in [1.807, 2.05) is 16.7 Å². The third-order valence-electron chi connectivity index (χ3n) is 4.81. The fourth-order valence-electron chi connectivity index (χ4n) is 3.52. The summed E-state index contributed by atoms with van der Waals surface area (Å²) in [4.78, 5) is 28.2. The Labute approximate surface area is 120 Å². The van der Waals surface area contributed by atoms with E-state index in [0.717, 1.165) is 45.4 Å². The predicted molar refractivity (Wildman–Crippen MR) is 74.0 cm³/mol. The van der Waals surface area contributed by atoms with Gasteiger partial charge in [0.05, 0.1) is 18.6 Å². The van der Waals surface area contributed by atoms with Crippen LogP contribution in [0, 0.1) is 11.3 Å². The first-order valence-electron chi connectivity index (χ1n) is 7.73. The van der Waals surface area contributed by atoms with Gasteiger partial charge in [0.2, 0.25) is 11.8 Å². The molecule has 0 bridgehead atoms. The van der Waals surface area contributed by atoms with E-state index in [-0.39, 0.29) is 17.2 Å². The predicted octanol–water partition coefficient (Wildman–Crippen LogP) is 0.884. The molecule has 3 aliphatic rings. The Hall–Kier alpha value is -1.10. The van der Waals surface area contributed by atoms with Crippen LogP contribution in [0.5, 0.6) is 0 Å². The zero-order chi connectivity index (χ0) is 14.2. The Morgan fingerprint density at radius 3 is 2.75 bits per heavy atom. The maximum Gasteiger partial charge on any atom is 0.233 e. The van der Waals surface area contributed by atoms with E-state index in [9.17, 15) is 9.59 Å². The highest BCUT2D eigenvalue weighted by Crippen LogP contribution is 2.31. The van der Waals surface area contributed by atoms with Crippen molar-refractivity contribution in [2.24, 2.45) is 11.3 Å². The normalized spacial score (nSPS) is 29.4. The van der Waals surface area contributed by atoms with Crippen molar-refractivity contribution in [3.8, 4) is 0 Å². The van der Waals surface area contributed by atoms with E-state index in [4.69, 9.17) is 4.74 Å². The maximum atomic E-state index is 12.5. The molecule has 5 heteroatoms. The Kier molecular flexibility index (Phi) is 3.71. The number of ether oxygens (including phenoxy) is 1. The zero-order valence-corrected chi connectivity index (χ0v) is 12.3. The lowest BCUT2D eigenvalue weighted by molar-refractivity contribution is -0.170. The Morgan fingerprint density at radius 2 is 2.15 bits per heavy atom. The summed E-state index contributed by atoms with van der Waals surface area (Å²) < 4.78 is 5.20. The van der Waals surface area contributed by atoms with Crippen LogP contribution in [-0.2, 0) is 14.3 Å². The van der Waals surface area contributed by atoms with E-state index in [0.29, 0.717) is 25.6 Å². The monoisotopic (exact) mass is 280 g/mol. The lowest BCUT2D eigenvalue weighted by Gasteiger charge is -2.43. The molecule has 3 aliphatic heterocycles. The average Bonchev–Trinajstić information content (AvgIpc) is 2.81. The molecule has 1 atom stereocenters. The number of nitrogens with zero attached hydrogens (tertiary/aromatic N) is 2. The van der Waals surface area contributed by atoms with E-state index in [2.05, 4.69) is 0 Å². The number of carbonyl (C=O) groups excluding carboxylic acids is 2. The number of carbonyl (C=O) groups is 2. The van der Waals surface area contributed by atoms with Crippen LogP contribution in [0.1, 0.15) is 32.6 Å². The smallest absolute Gasteiger partial charge is 0.233 e. The summed E-state index contributed by atoms with van der Waals surface area (Å²) in [6, 6.07) is 0. The summed E-state index contributed by atoms with van der Waals surface area (Å²) in [5, 5.41) is 0. The van der Waals surface area contributed by atoms with E-state index in [1.165, 1.54) is 0 Å². The Morgan fingerprint density at radius 1 is 1.35 bits per heavy atom. The molecule has 0 aromatic rings. The van der Waals surface area contributed by atoms with Crippen LogP contribution in [0.4, 0.5) is 0 Å². The third kappa shape index (κ3) is 2.55. The van der Waals surface area contributed by atoms with Crippen LogP contribution in [-0.4, -0.2) is 61.0 Å². The summed E-state index contributed by atoms with van der Waals surface area (Å²) in [5.41, 5.74) is -0.300. The molecule has 3 heterocycles. The van der Waals surface area contributed by atoms with Crippen LogP contribution in [0.15, 0.2) is 0 Å². The van der Waals surface area contributed by atoms with Gasteiger partial charge in [-0.15, -0.1) is 0 Å². The lowest BCUT2D eigenvalue weighted by atomic mass is 9.85. The quantitative estimate of drug-likeness (QED) is 0.771. The van der Waals surface area contributed by atoms with Crippen molar-refractivity contribution in [1.82, 2.24) is 9.80 Å². The van der Waals surface area contributed by atoms with E-state index in [1.54, 1.807) is 0 Å². The van der Waals surface area contributed by atoms with Crippen molar-refractivity contribution in [1.29, 1.82) is 0 Å². The van der Waals surface area contributed by atoms with Crippen LogP contribution in [0.3, 0.4) is 0 Å². The highest BCUT2D eigenvalue weighted by Gasteiger charge is 2.44. The molecule has 3 saturated heterocycles. The third-order valence-corrected chi connectivity index (χ3v) is 4.81. The minimum atomic E-state index is -0.300. The summed E-state index contributed by atoms with van der Waals surface area (Å²) in [7, 11) is 0. The van der Waals surface area contributed by atoms with Crippen molar-refractivity contribution < 1.29 is 14.3 Å². The van der Waals surface area contributed by atoms with Crippen molar-refractivity contribution >= 4 is 11.8 Å². The first-order chi connectivity index (χ1) is 9.58. The minimum Gasteiger partial charge on any atom is -0.379 e. The summed E-state index contributed by atoms with van der Waals surface area (Å²) in [6.45, 7) is 6.49. The number of amides is 2. The van der Waals surface area contributed by atoms with Gasteiger partial charge in [0, 0.05) is 32.6 Å². The number of rotatable bonds is 3. The second-order valence-corrected chi connectivity index (χ2v) is 6.76. The second-order valence-electron chi connectivity index (χ2n) is 6.76. The van der Waals surface area contributed by atoms with Gasteiger partial charge in [0.1, 0.15) is 0 Å². The molecule has 3 fully saturated rings. The first kappa shape index (κ1) is 13.9. The van der Waals surface area contributed by atoms with Gasteiger partial charge in [-0.05, 0) is 32.1 Å². The van der Waals surface area contributed by atoms with Crippen molar-refractivity contribution in [3.63, 3.8) is 0 Å². The fourth-order valence-corrected chi connectivity index (χ4v) is 3.52. The molecule has 0 aliphatic carbocycles. The van der Waals surface area contributed by atoms with Gasteiger partial charge >= 0.3 is 0 Å². The van der Waals surface area contributed by atoms with Crippen LogP contribution >= 0.6 is 0 Å². The summed E-state index contributed by atoms with van der Waals surface area (Å²) in [5.74, 6) is 0.966. The number of hydrogen-bond acceptors (Lipinski definition) is 3. The molecule has 0 unspecified atom stereocenters. The molecule has 0 aromatic carbocycles. The van der Waals surface area contributed by atoms with Gasteiger partial charge in [0.25, 0.3) is 0 Å². The van der Waals surface area contributed by atoms with Crippen molar-refractivity contribution in [2.75, 3.05) is 39.4 Å². The van der Waals surface area contributed by atoms with Gasteiger partial charge in [-0.3, -0.25) is 9.59 Å². The SMILES string of the molecule is CC1(C(=O)N2CCC[C@H](CN3CCCC3=O)C2)COC1. The van der Waals surface area contributed by atoms with Crippen molar-refractivity contribution in [3.05, 3.63) is 0 Å². The molecule has 0 saturated carbocycles. The summed E-state index contributed by atoms with van der Waals surface area (Å²) >= 11 is 0. The molecule has 0 aromatic heterocycles. The Bertz CT molecular complexity index is 406. The first-order valence-corrected chi connectivity index (χ1v) is 7.73. The van der Waals surface area contributed by atoms with Crippen LogP contribution in [0.2, 0.25) is 0 Å². The largest absolute Gasteiger partial charge is 0.379 e. The zero-order valence-electron chi connectivity index (χ0n) is 12.3. The molecule has 0 radical (unpaired) electrons. The average molecular weight is 280 g/mol. The highest BCUT2D eigenvalue weighted by molar-refractivity contribution is 5.83. The lowest BCUT2D eigenvalue weighted by Crippen LogP contribution is -2.56. The Balaban J connectivity index is 1.56. The molecule has 3 rings (SSSR count). The number of piperidine rings is 1. The van der Waals surface area contributed by atoms with Crippen molar-refractivity contribution in [2.45, 2.75) is 32.6 Å². The fraction of sp³-hybridized carbons (Fsp3) is 0.867.